The molecular weight excluding hydrogens is 304 g/mol. The number of benzene rings is 1. The Hall–Kier alpha value is -1.54. The van der Waals surface area contributed by atoms with Crippen molar-refractivity contribution in [2.24, 2.45) is 0 Å². The summed E-state index contributed by atoms with van der Waals surface area (Å²) in [6.07, 6.45) is 0.683. The molecule has 0 aliphatic carbocycles. The number of sulfonamides is 1. The van der Waals surface area contributed by atoms with Crippen LogP contribution < -0.4 is 4.72 Å². The second kappa shape index (κ2) is 6.48. The fourth-order valence-electron chi connectivity index (χ4n) is 1.96. The molecule has 1 unspecified atom stereocenters. The van der Waals surface area contributed by atoms with Gasteiger partial charge in [-0.25, -0.2) is 17.2 Å². The Kier molecular flexibility index (Phi) is 5.41. The molecular formula is C13H17F2NO4S. The summed E-state index contributed by atoms with van der Waals surface area (Å²) < 4.78 is 57.4. The lowest BCUT2D eigenvalue weighted by Gasteiger charge is -2.27. The summed E-state index contributed by atoms with van der Waals surface area (Å²) in [5.74, 6) is -2.82. The third-order valence-electron chi connectivity index (χ3n) is 2.89. The maximum atomic E-state index is 13.1. The van der Waals surface area contributed by atoms with Gasteiger partial charge in [0.15, 0.2) is 0 Å². The topological polar surface area (TPSA) is 72.5 Å². The fourth-order valence-corrected chi connectivity index (χ4v) is 3.39. The average Bonchev–Trinajstić information content (AvgIpc) is 2.36. The second-order valence-corrected chi connectivity index (χ2v) is 6.47. The van der Waals surface area contributed by atoms with Crippen LogP contribution in [0.3, 0.4) is 0 Å². The first kappa shape index (κ1) is 17.5. The van der Waals surface area contributed by atoms with E-state index < -0.39 is 38.1 Å². The van der Waals surface area contributed by atoms with Gasteiger partial charge in [-0.3, -0.25) is 4.79 Å². The number of nitrogens with one attached hydrogen (secondary N) is 1. The van der Waals surface area contributed by atoms with E-state index in [9.17, 15) is 22.0 Å². The van der Waals surface area contributed by atoms with E-state index in [1.807, 2.05) is 0 Å². The lowest BCUT2D eigenvalue weighted by Crippen LogP contribution is -2.52. The second-order valence-electron chi connectivity index (χ2n) is 4.78. The standard InChI is InChI=1S/C13H17F2NO4S/c1-4-5-13(2,12(17)20-3)16-21(18,19)11-7-9(14)6-10(15)8-11/h6-8,16H,4-5H2,1-3H3. The Bertz CT molecular complexity index is 613. The minimum Gasteiger partial charge on any atom is -0.468 e. The molecule has 1 rings (SSSR count). The molecule has 0 saturated heterocycles. The first-order chi connectivity index (χ1) is 9.64. The minimum atomic E-state index is -4.27. The largest absolute Gasteiger partial charge is 0.468 e. The molecule has 1 N–H and O–H groups in total. The SMILES string of the molecule is CCCC(C)(NS(=O)(=O)c1cc(F)cc(F)c1)C(=O)OC. The predicted octanol–water partition coefficient (Wildman–Crippen LogP) is 1.97. The van der Waals surface area contributed by atoms with Gasteiger partial charge in [-0.05, 0) is 25.5 Å². The number of hydrogen-bond acceptors (Lipinski definition) is 4. The Labute approximate surface area is 122 Å². The van der Waals surface area contributed by atoms with Crippen LogP contribution in [0.1, 0.15) is 26.7 Å². The molecule has 0 radical (unpaired) electrons. The summed E-state index contributed by atoms with van der Waals surface area (Å²) in [5.41, 5.74) is -1.51. The van der Waals surface area contributed by atoms with Crippen LogP contribution in [0.5, 0.6) is 0 Å². The van der Waals surface area contributed by atoms with Crippen LogP contribution >= 0.6 is 0 Å². The van der Waals surface area contributed by atoms with Crippen molar-refractivity contribution in [3.8, 4) is 0 Å². The summed E-state index contributed by atoms with van der Waals surface area (Å²) >= 11 is 0. The smallest absolute Gasteiger partial charge is 0.326 e. The van der Waals surface area contributed by atoms with Gasteiger partial charge in [-0.15, -0.1) is 0 Å². The van der Waals surface area contributed by atoms with E-state index in [2.05, 4.69) is 9.46 Å². The van der Waals surface area contributed by atoms with Gasteiger partial charge >= 0.3 is 5.97 Å². The average molecular weight is 321 g/mol. The molecule has 1 atom stereocenters. The van der Waals surface area contributed by atoms with Crippen LogP contribution in [0.4, 0.5) is 8.78 Å². The minimum absolute atomic E-state index is 0.177. The molecule has 0 aliphatic heterocycles. The van der Waals surface area contributed by atoms with Crippen molar-refractivity contribution >= 4 is 16.0 Å². The number of methoxy groups -OCH3 is 1. The molecule has 118 valence electrons. The maximum absolute atomic E-state index is 13.1. The van der Waals surface area contributed by atoms with Gasteiger partial charge in [0.05, 0.1) is 12.0 Å². The fraction of sp³-hybridized carbons (Fsp3) is 0.462. The van der Waals surface area contributed by atoms with Crippen molar-refractivity contribution in [1.82, 2.24) is 4.72 Å². The van der Waals surface area contributed by atoms with Crippen molar-refractivity contribution in [2.75, 3.05) is 7.11 Å². The van der Waals surface area contributed by atoms with E-state index in [-0.39, 0.29) is 6.42 Å². The van der Waals surface area contributed by atoms with Gasteiger partial charge in [-0.2, -0.15) is 4.72 Å². The Morgan fingerprint density at radius 2 is 1.81 bits per heavy atom. The number of rotatable bonds is 6. The number of hydrogen-bond donors (Lipinski definition) is 1. The molecule has 0 saturated carbocycles. The summed E-state index contributed by atoms with van der Waals surface area (Å²) in [4.78, 5) is 11.2. The van der Waals surface area contributed by atoms with Crippen LogP contribution in [0.15, 0.2) is 23.1 Å². The number of esters is 1. The highest BCUT2D eigenvalue weighted by molar-refractivity contribution is 7.89. The Morgan fingerprint density at radius 1 is 1.29 bits per heavy atom. The highest BCUT2D eigenvalue weighted by Gasteiger charge is 2.38. The zero-order chi connectivity index (χ0) is 16.3. The molecule has 8 heteroatoms. The summed E-state index contributed by atoms with van der Waals surface area (Å²) in [7, 11) is -3.14. The van der Waals surface area contributed by atoms with E-state index in [0.29, 0.717) is 24.6 Å². The third-order valence-corrected chi connectivity index (χ3v) is 4.47. The molecule has 5 nitrogen and oxygen atoms in total. The predicted molar refractivity (Wildman–Crippen MR) is 72.0 cm³/mol. The number of carbonyl (C=O) groups excluding carboxylic acids is 1. The van der Waals surface area contributed by atoms with Gasteiger partial charge in [-0.1, -0.05) is 13.3 Å². The van der Waals surface area contributed by atoms with Crippen LogP contribution in [-0.4, -0.2) is 27.0 Å². The molecule has 21 heavy (non-hydrogen) atoms. The van der Waals surface area contributed by atoms with Crippen LogP contribution in [0.25, 0.3) is 0 Å². The molecule has 1 aromatic rings. The van der Waals surface area contributed by atoms with E-state index in [1.54, 1.807) is 6.92 Å². The monoisotopic (exact) mass is 321 g/mol. The zero-order valence-corrected chi connectivity index (χ0v) is 12.8. The van der Waals surface area contributed by atoms with Gasteiger partial charge in [0.2, 0.25) is 10.0 Å². The molecule has 0 aromatic heterocycles. The van der Waals surface area contributed by atoms with E-state index in [1.165, 1.54) is 6.92 Å². The van der Waals surface area contributed by atoms with E-state index >= 15 is 0 Å². The van der Waals surface area contributed by atoms with Gasteiger partial charge in [0.1, 0.15) is 17.2 Å². The van der Waals surface area contributed by atoms with Gasteiger partial charge in [0.25, 0.3) is 0 Å². The van der Waals surface area contributed by atoms with Crippen molar-refractivity contribution in [2.45, 2.75) is 37.1 Å². The summed E-state index contributed by atoms with van der Waals surface area (Å²) in [5, 5.41) is 0. The molecule has 0 amide bonds. The number of ether oxygens (including phenoxy) is 1. The van der Waals surface area contributed by atoms with Crippen molar-refractivity contribution in [3.05, 3.63) is 29.8 Å². The van der Waals surface area contributed by atoms with E-state index in [0.717, 1.165) is 7.11 Å². The van der Waals surface area contributed by atoms with Crippen molar-refractivity contribution in [3.63, 3.8) is 0 Å². The summed E-state index contributed by atoms with van der Waals surface area (Å²) in [6, 6.07) is 1.91. The van der Waals surface area contributed by atoms with Crippen LogP contribution in [0, 0.1) is 11.6 Å². The number of halogens is 2. The lowest BCUT2D eigenvalue weighted by atomic mass is 9.98. The Morgan fingerprint density at radius 3 is 2.24 bits per heavy atom. The highest BCUT2D eigenvalue weighted by atomic mass is 32.2. The Balaban J connectivity index is 3.20. The summed E-state index contributed by atoms with van der Waals surface area (Å²) in [6.45, 7) is 3.12. The maximum Gasteiger partial charge on any atom is 0.326 e. The molecule has 0 bridgehead atoms. The van der Waals surface area contributed by atoms with Gasteiger partial charge < -0.3 is 4.74 Å². The normalized spacial score (nSPS) is 14.5. The quantitative estimate of drug-likeness (QED) is 0.813. The van der Waals surface area contributed by atoms with Gasteiger partial charge in [0, 0.05) is 6.07 Å². The highest BCUT2D eigenvalue weighted by Crippen LogP contribution is 2.20. The molecule has 0 fully saturated rings. The van der Waals surface area contributed by atoms with E-state index in [4.69, 9.17) is 0 Å². The van der Waals surface area contributed by atoms with Crippen LogP contribution in [-0.2, 0) is 19.6 Å². The molecule has 0 spiro atoms. The van der Waals surface area contributed by atoms with Crippen molar-refractivity contribution in [1.29, 1.82) is 0 Å². The first-order valence-electron chi connectivity index (χ1n) is 6.23. The first-order valence-corrected chi connectivity index (χ1v) is 7.71. The third kappa shape index (κ3) is 4.21. The van der Waals surface area contributed by atoms with Crippen LogP contribution in [0.2, 0.25) is 0 Å². The zero-order valence-electron chi connectivity index (χ0n) is 11.9. The van der Waals surface area contributed by atoms with Crippen molar-refractivity contribution < 1.29 is 26.7 Å². The molecule has 1 aromatic carbocycles. The lowest BCUT2D eigenvalue weighted by molar-refractivity contribution is -0.147. The molecule has 0 heterocycles. The molecule has 0 aliphatic rings. The number of carbonyl (C=O) groups is 1.